The molecular formula is C13H6ClF3N2S. The number of halogens is 4. The normalized spacial score (nSPS) is 12.0. The fourth-order valence-corrected chi connectivity index (χ4v) is 2.80. The van der Waals surface area contributed by atoms with Crippen molar-refractivity contribution in [1.29, 1.82) is 0 Å². The molecule has 2 aromatic heterocycles. The summed E-state index contributed by atoms with van der Waals surface area (Å²) in [4.78, 5) is 7.90. The van der Waals surface area contributed by atoms with Crippen molar-refractivity contribution in [3.8, 4) is 0 Å². The van der Waals surface area contributed by atoms with E-state index in [-0.39, 0.29) is 10.7 Å². The van der Waals surface area contributed by atoms with E-state index in [0.717, 1.165) is 24.3 Å². The minimum atomic E-state index is -3.43. The van der Waals surface area contributed by atoms with Crippen LogP contribution in [0, 0.1) is 5.82 Å². The maximum absolute atomic E-state index is 14.3. The second-order valence-corrected chi connectivity index (χ2v) is 5.31. The Bertz CT molecular complexity index is 771. The van der Waals surface area contributed by atoms with Crippen LogP contribution in [-0.4, -0.2) is 9.97 Å². The van der Waals surface area contributed by atoms with Crippen LogP contribution in [0.3, 0.4) is 0 Å². The summed E-state index contributed by atoms with van der Waals surface area (Å²) in [6.45, 7) is 0. The molecule has 0 aliphatic carbocycles. The maximum atomic E-state index is 14.3. The molecule has 3 rings (SSSR count). The summed E-state index contributed by atoms with van der Waals surface area (Å²) in [7, 11) is 0. The van der Waals surface area contributed by atoms with Gasteiger partial charge >= 0.3 is 5.92 Å². The number of alkyl halides is 2. The molecule has 0 saturated heterocycles. The lowest BCUT2D eigenvalue weighted by Crippen LogP contribution is -2.19. The second-order valence-electron chi connectivity index (χ2n) is 4.06. The highest BCUT2D eigenvalue weighted by Gasteiger charge is 2.38. The third-order valence-corrected chi connectivity index (χ3v) is 3.86. The van der Waals surface area contributed by atoms with E-state index >= 15 is 0 Å². The maximum Gasteiger partial charge on any atom is 0.331 e. The van der Waals surface area contributed by atoms with E-state index in [1.54, 1.807) is 11.4 Å². The first-order chi connectivity index (χ1) is 9.48. The fraction of sp³-hybridized carbons (Fsp3) is 0.0769. The Balaban J connectivity index is 2.14. The molecule has 1 aromatic carbocycles. The first kappa shape index (κ1) is 13.3. The van der Waals surface area contributed by atoms with Crippen LogP contribution in [-0.2, 0) is 5.92 Å². The standard InChI is InChI=1S/C13H6ClF3N2S/c14-10-9-5-6-20-11(9)19-12(18-10)13(16,17)7-1-3-8(15)4-2-7/h1-6H. The lowest BCUT2D eigenvalue weighted by Gasteiger charge is -2.15. The van der Waals surface area contributed by atoms with Crippen LogP contribution in [0.1, 0.15) is 11.4 Å². The third kappa shape index (κ3) is 2.14. The monoisotopic (exact) mass is 314 g/mol. The zero-order valence-electron chi connectivity index (χ0n) is 9.78. The Labute approximate surface area is 120 Å². The summed E-state index contributed by atoms with van der Waals surface area (Å²) in [5.41, 5.74) is -0.383. The molecule has 0 radical (unpaired) electrons. The fourth-order valence-electron chi connectivity index (χ4n) is 1.75. The summed E-state index contributed by atoms with van der Waals surface area (Å²) < 4.78 is 41.5. The quantitative estimate of drug-likeness (QED) is 0.645. The van der Waals surface area contributed by atoms with Crippen LogP contribution in [0.5, 0.6) is 0 Å². The van der Waals surface area contributed by atoms with Gasteiger partial charge in [-0.25, -0.2) is 14.4 Å². The molecule has 0 bridgehead atoms. The summed E-state index contributed by atoms with van der Waals surface area (Å²) in [5.74, 6) is -4.71. The molecule has 2 nitrogen and oxygen atoms in total. The largest absolute Gasteiger partial charge is 0.331 e. The first-order valence-electron chi connectivity index (χ1n) is 5.53. The molecule has 0 aliphatic heterocycles. The number of hydrogen-bond acceptors (Lipinski definition) is 3. The SMILES string of the molecule is Fc1ccc(C(F)(F)c2nc(Cl)c3ccsc3n2)cc1. The molecule has 2 heterocycles. The van der Waals surface area contributed by atoms with Gasteiger partial charge in [-0.2, -0.15) is 8.78 Å². The highest BCUT2D eigenvalue weighted by Crippen LogP contribution is 2.36. The minimum Gasteiger partial charge on any atom is -0.215 e. The Hall–Kier alpha value is -1.66. The lowest BCUT2D eigenvalue weighted by atomic mass is 10.1. The Morgan fingerprint density at radius 3 is 2.45 bits per heavy atom. The van der Waals surface area contributed by atoms with Crippen molar-refractivity contribution in [2.24, 2.45) is 0 Å². The number of benzene rings is 1. The lowest BCUT2D eigenvalue weighted by molar-refractivity contribution is 0.0332. The van der Waals surface area contributed by atoms with Gasteiger partial charge in [0.15, 0.2) is 0 Å². The van der Waals surface area contributed by atoms with E-state index < -0.39 is 17.6 Å². The molecule has 102 valence electrons. The number of fused-ring (bicyclic) bond motifs is 1. The van der Waals surface area contributed by atoms with Crippen LogP contribution >= 0.6 is 22.9 Å². The van der Waals surface area contributed by atoms with Crippen molar-refractivity contribution < 1.29 is 13.2 Å². The van der Waals surface area contributed by atoms with Gasteiger partial charge in [-0.3, -0.25) is 0 Å². The summed E-state index contributed by atoms with van der Waals surface area (Å²) in [6.07, 6.45) is 0. The molecule has 0 atom stereocenters. The van der Waals surface area contributed by atoms with Gasteiger partial charge < -0.3 is 0 Å². The number of thiophene rings is 1. The van der Waals surface area contributed by atoms with Crippen molar-refractivity contribution in [3.63, 3.8) is 0 Å². The van der Waals surface area contributed by atoms with Gasteiger partial charge in [0.2, 0.25) is 5.82 Å². The van der Waals surface area contributed by atoms with Gasteiger partial charge in [0.1, 0.15) is 15.8 Å². The van der Waals surface area contributed by atoms with E-state index in [1.807, 2.05) is 0 Å². The minimum absolute atomic E-state index is 0.0203. The smallest absolute Gasteiger partial charge is 0.215 e. The number of aromatic nitrogens is 2. The van der Waals surface area contributed by atoms with Crippen LogP contribution in [0.2, 0.25) is 5.15 Å². The topological polar surface area (TPSA) is 25.8 Å². The summed E-state index contributed by atoms with van der Waals surface area (Å²) in [6, 6.07) is 5.61. The average Bonchev–Trinajstić information content (AvgIpc) is 2.88. The Morgan fingerprint density at radius 2 is 1.75 bits per heavy atom. The zero-order valence-corrected chi connectivity index (χ0v) is 11.4. The third-order valence-electron chi connectivity index (χ3n) is 2.77. The Morgan fingerprint density at radius 1 is 1.05 bits per heavy atom. The second kappa shape index (κ2) is 4.71. The van der Waals surface area contributed by atoms with E-state index in [9.17, 15) is 13.2 Å². The van der Waals surface area contributed by atoms with E-state index in [0.29, 0.717) is 10.2 Å². The van der Waals surface area contributed by atoms with Crippen LogP contribution in [0.25, 0.3) is 10.2 Å². The van der Waals surface area contributed by atoms with Gasteiger partial charge in [0.25, 0.3) is 0 Å². The molecule has 7 heteroatoms. The molecule has 0 N–H and O–H groups in total. The van der Waals surface area contributed by atoms with Crippen molar-refractivity contribution in [3.05, 3.63) is 58.1 Å². The Kier molecular flexibility index (Phi) is 3.14. The highest BCUT2D eigenvalue weighted by molar-refractivity contribution is 7.16. The van der Waals surface area contributed by atoms with Crippen molar-refractivity contribution >= 4 is 33.2 Å². The van der Waals surface area contributed by atoms with Gasteiger partial charge in [-0.1, -0.05) is 11.6 Å². The van der Waals surface area contributed by atoms with E-state index in [1.165, 1.54) is 11.3 Å². The van der Waals surface area contributed by atoms with E-state index in [4.69, 9.17) is 11.6 Å². The van der Waals surface area contributed by atoms with Crippen molar-refractivity contribution in [2.75, 3.05) is 0 Å². The predicted octanol–water partition coefficient (Wildman–Crippen LogP) is 4.62. The molecule has 3 aromatic rings. The molecule has 0 spiro atoms. The zero-order chi connectivity index (χ0) is 14.3. The molecule has 0 amide bonds. The van der Waals surface area contributed by atoms with Gasteiger partial charge in [-0.05, 0) is 35.7 Å². The summed E-state index contributed by atoms with van der Waals surface area (Å²) >= 11 is 7.09. The van der Waals surface area contributed by atoms with E-state index in [2.05, 4.69) is 9.97 Å². The molecule has 0 unspecified atom stereocenters. The van der Waals surface area contributed by atoms with Gasteiger partial charge in [0, 0.05) is 10.9 Å². The molecule has 0 fully saturated rings. The number of rotatable bonds is 2. The van der Waals surface area contributed by atoms with Crippen LogP contribution in [0.15, 0.2) is 35.7 Å². The molecule has 0 saturated carbocycles. The number of hydrogen-bond donors (Lipinski definition) is 0. The summed E-state index contributed by atoms with van der Waals surface area (Å²) in [5, 5.41) is 2.22. The molecular weight excluding hydrogens is 309 g/mol. The average molecular weight is 315 g/mol. The van der Waals surface area contributed by atoms with Crippen LogP contribution in [0.4, 0.5) is 13.2 Å². The number of nitrogens with zero attached hydrogens (tertiary/aromatic N) is 2. The van der Waals surface area contributed by atoms with Crippen LogP contribution < -0.4 is 0 Å². The molecule has 20 heavy (non-hydrogen) atoms. The van der Waals surface area contributed by atoms with Gasteiger partial charge in [0.05, 0.1) is 0 Å². The van der Waals surface area contributed by atoms with Gasteiger partial charge in [-0.15, -0.1) is 11.3 Å². The van der Waals surface area contributed by atoms with Crippen molar-refractivity contribution in [1.82, 2.24) is 9.97 Å². The highest BCUT2D eigenvalue weighted by atomic mass is 35.5. The molecule has 0 aliphatic rings. The first-order valence-corrected chi connectivity index (χ1v) is 6.79. The predicted molar refractivity (Wildman–Crippen MR) is 71.8 cm³/mol. The van der Waals surface area contributed by atoms with Crippen molar-refractivity contribution in [2.45, 2.75) is 5.92 Å².